The molecule has 0 fully saturated rings. The van der Waals surface area contributed by atoms with Gasteiger partial charge in [0.25, 0.3) is 5.91 Å². The number of nitrogens with zero attached hydrogens (tertiary/aromatic N) is 3. The molecule has 2 aromatic carbocycles. The number of halogens is 1. The van der Waals surface area contributed by atoms with Gasteiger partial charge in [-0.3, -0.25) is 4.79 Å². The van der Waals surface area contributed by atoms with Crippen LogP contribution in [0.4, 0.5) is 4.39 Å². The molecule has 0 aliphatic heterocycles. The van der Waals surface area contributed by atoms with Crippen LogP contribution in [0.3, 0.4) is 0 Å². The van der Waals surface area contributed by atoms with E-state index in [0.717, 1.165) is 11.1 Å². The number of hydrogen-bond acceptors (Lipinski definition) is 6. The van der Waals surface area contributed by atoms with Crippen LogP contribution >= 0.6 is 0 Å². The van der Waals surface area contributed by atoms with Gasteiger partial charge in [0, 0.05) is 36.8 Å². The average Bonchev–Trinajstić information content (AvgIpc) is 3.21. The Labute approximate surface area is 216 Å². The molecule has 3 aromatic rings. The summed E-state index contributed by atoms with van der Waals surface area (Å²) in [5.74, 6) is 0.435. The smallest absolute Gasteiger partial charge is 0.251 e. The quantitative estimate of drug-likeness (QED) is 0.381. The first kappa shape index (κ1) is 27.8. The number of aliphatic hydroxyl groups excluding tert-OH is 1. The zero-order valence-electron chi connectivity index (χ0n) is 21.7. The molecule has 0 spiro atoms. The minimum atomic E-state index is -2.10. The molecule has 2 unspecified atom stereocenters. The van der Waals surface area contributed by atoms with Gasteiger partial charge < -0.3 is 24.8 Å². The number of nitriles is 1. The molecule has 3 rings (SSSR count). The lowest BCUT2D eigenvalue weighted by Gasteiger charge is -2.20. The van der Waals surface area contributed by atoms with Gasteiger partial charge >= 0.3 is 0 Å². The molecule has 1 amide bonds. The molecule has 2 atom stereocenters. The SMILES string of the molecule is CC(C)Oc1ccc(C(=O)NC(Cc2ccc(-c3cn(C)c(C(C)(C)O)n3)cc2)CC(O)F)cc1C#N. The van der Waals surface area contributed by atoms with Crippen molar-refractivity contribution in [1.82, 2.24) is 14.9 Å². The summed E-state index contributed by atoms with van der Waals surface area (Å²) in [6.07, 6.45) is -0.408. The van der Waals surface area contributed by atoms with E-state index >= 15 is 0 Å². The van der Waals surface area contributed by atoms with Gasteiger partial charge in [-0.05, 0) is 57.9 Å². The Kier molecular flexibility index (Phi) is 8.69. The number of aromatic nitrogens is 2. The van der Waals surface area contributed by atoms with E-state index in [-0.39, 0.29) is 30.1 Å². The Morgan fingerprint density at radius 2 is 1.92 bits per heavy atom. The van der Waals surface area contributed by atoms with Crippen LogP contribution in [0.15, 0.2) is 48.7 Å². The van der Waals surface area contributed by atoms with E-state index in [0.29, 0.717) is 17.3 Å². The molecular weight excluding hydrogens is 475 g/mol. The van der Waals surface area contributed by atoms with Crippen LogP contribution in [0, 0.1) is 11.3 Å². The van der Waals surface area contributed by atoms with Gasteiger partial charge in [-0.15, -0.1) is 0 Å². The number of alkyl halides is 1. The normalized spacial score (nSPS) is 13.2. The second-order valence-electron chi connectivity index (χ2n) is 9.85. The van der Waals surface area contributed by atoms with Crippen LogP contribution in [0.2, 0.25) is 0 Å². The molecule has 1 aromatic heterocycles. The molecule has 8 nitrogen and oxygen atoms in total. The number of amides is 1. The van der Waals surface area contributed by atoms with Gasteiger partial charge in [-0.1, -0.05) is 24.3 Å². The van der Waals surface area contributed by atoms with E-state index in [1.54, 1.807) is 30.5 Å². The van der Waals surface area contributed by atoms with Crippen molar-refractivity contribution in [3.05, 3.63) is 71.2 Å². The van der Waals surface area contributed by atoms with E-state index < -0.39 is 23.9 Å². The lowest BCUT2D eigenvalue weighted by Crippen LogP contribution is -2.38. The van der Waals surface area contributed by atoms with Crippen LogP contribution in [0.1, 0.15) is 61.4 Å². The third-order valence-corrected chi connectivity index (χ3v) is 5.69. The third-order valence-electron chi connectivity index (χ3n) is 5.69. The van der Waals surface area contributed by atoms with Crippen molar-refractivity contribution in [1.29, 1.82) is 5.26 Å². The first-order valence-electron chi connectivity index (χ1n) is 12.1. The number of carbonyl (C=O) groups excluding carboxylic acids is 1. The van der Waals surface area contributed by atoms with Gasteiger partial charge in [0.15, 0.2) is 6.36 Å². The Morgan fingerprint density at radius 3 is 2.46 bits per heavy atom. The number of nitrogens with one attached hydrogen (secondary N) is 1. The minimum Gasteiger partial charge on any atom is -0.490 e. The predicted octanol–water partition coefficient (Wildman–Crippen LogP) is 3.99. The summed E-state index contributed by atoms with van der Waals surface area (Å²) < 4.78 is 20.9. The Hall–Kier alpha value is -3.74. The van der Waals surface area contributed by atoms with E-state index in [4.69, 9.17) is 4.74 Å². The Bertz CT molecular complexity index is 1270. The molecule has 0 aliphatic carbocycles. The second kappa shape index (κ2) is 11.5. The predicted molar refractivity (Wildman–Crippen MR) is 137 cm³/mol. The molecule has 37 heavy (non-hydrogen) atoms. The highest BCUT2D eigenvalue weighted by atomic mass is 19.1. The number of benzene rings is 2. The van der Waals surface area contributed by atoms with Crippen LogP contribution in [-0.2, 0) is 19.1 Å². The Balaban J connectivity index is 1.75. The van der Waals surface area contributed by atoms with E-state index in [9.17, 15) is 24.7 Å². The lowest BCUT2D eigenvalue weighted by atomic mass is 10.0. The molecule has 3 N–H and O–H groups in total. The molecule has 0 radical (unpaired) electrons. The van der Waals surface area contributed by atoms with Crippen molar-refractivity contribution >= 4 is 5.91 Å². The van der Waals surface area contributed by atoms with E-state index in [1.807, 2.05) is 57.4 Å². The van der Waals surface area contributed by atoms with Crippen molar-refractivity contribution in [2.24, 2.45) is 7.05 Å². The standard InChI is InChI=1S/C28H33FN4O4/c1-17(2)37-24-11-10-20(13-21(24)15-30)26(35)31-22(14-25(29)34)12-18-6-8-19(9-7-18)23-16-33(5)27(32-23)28(3,4)36/h6-11,13,16-17,22,25,34,36H,12,14H2,1-5H3,(H,31,35). The second-order valence-corrected chi connectivity index (χ2v) is 9.85. The van der Waals surface area contributed by atoms with Gasteiger partial charge in [0.1, 0.15) is 23.2 Å². The van der Waals surface area contributed by atoms with Crippen molar-refractivity contribution in [3.8, 4) is 23.1 Å². The zero-order valence-corrected chi connectivity index (χ0v) is 21.7. The summed E-state index contributed by atoms with van der Waals surface area (Å²) in [5.41, 5.74) is 1.75. The maximum absolute atomic E-state index is 13.5. The lowest BCUT2D eigenvalue weighted by molar-refractivity contribution is 0.0253. The maximum Gasteiger partial charge on any atom is 0.251 e. The summed E-state index contributed by atoms with van der Waals surface area (Å²) in [4.78, 5) is 17.4. The molecule has 9 heteroatoms. The summed E-state index contributed by atoms with van der Waals surface area (Å²) in [6, 6.07) is 13.3. The zero-order chi connectivity index (χ0) is 27.3. The van der Waals surface area contributed by atoms with Crippen LogP contribution in [0.25, 0.3) is 11.3 Å². The van der Waals surface area contributed by atoms with E-state index in [2.05, 4.69) is 10.3 Å². The van der Waals surface area contributed by atoms with E-state index in [1.165, 1.54) is 6.07 Å². The van der Waals surface area contributed by atoms with Gasteiger partial charge in [0.2, 0.25) is 0 Å². The minimum absolute atomic E-state index is 0.130. The average molecular weight is 509 g/mol. The molecular formula is C28H33FN4O4. The molecule has 1 heterocycles. The maximum atomic E-state index is 13.5. The number of rotatable bonds is 10. The molecule has 196 valence electrons. The number of imidazole rings is 1. The van der Waals surface area contributed by atoms with Crippen LogP contribution < -0.4 is 10.1 Å². The van der Waals surface area contributed by atoms with Crippen molar-refractivity contribution in [2.75, 3.05) is 0 Å². The van der Waals surface area contributed by atoms with Gasteiger partial charge in [0.05, 0.1) is 17.4 Å². The highest BCUT2D eigenvalue weighted by molar-refractivity contribution is 5.95. The van der Waals surface area contributed by atoms with Gasteiger partial charge in [-0.25, -0.2) is 9.37 Å². The third kappa shape index (κ3) is 7.38. The van der Waals surface area contributed by atoms with Crippen LogP contribution in [0.5, 0.6) is 5.75 Å². The number of hydrogen-bond donors (Lipinski definition) is 3. The fraction of sp³-hybridized carbons (Fsp3) is 0.393. The Morgan fingerprint density at radius 1 is 1.24 bits per heavy atom. The summed E-state index contributed by atoms with van der Waals surface area (Å²) in [5, 5.41) is 31.8. The highest BCUT2D eigenvalue weighted by Crippen LogP contribution is 2.25. The molecule has 0 saturated heterocycles. The van der Waals surface area contributed by atoms with Crippen molar-refractivity contribution in [3.63, 3.8) is 0 Å². The number of ether oxygens (including phenoxy) is 1. The summed E-state index contributed by atoms with van der Waals surface area (Å²) >= 11 is 0. The molecule has 0 aliphatic rings. The van der Waals surface area contributed by atoms with Crippen LogP contribution in [-0.4, -0.2) is 44.2 Å². The fourth-order valence-corrected chi connectivity index (χ4v) is 4.08. The topological polar surface area (TPSA) is 120 Å². The summed E-state index contributed by atoms with van der Waals surface area (Å²) in [7, 11) is 1.82. The first-order valence-corrected chi connectivity index (χ1v) is 12.1. The fourth-order valence-electron chi connectivity index (χ4n) is 4.08. The molecule has 0 bridgehead atoms. The number of carbonyl (C=O) groups is 1. The number of aliphatic hydroxyl groups is 2. The largest absolute Gasteiger partial charge is 0.490 e. The monoisotopic (exact) mass is 508 g/mol. The van der Waals surface area contributed by atoms with Gasteiger partial charge in [-0.2, -0.15) is 5.26 Å². The number of aryl methyl sites for hydroxylation is 1. The first-order chi connectivity index (χ1) is 17.4. The van der Waals surface area contributed by atoms with Crippen molar-refractivity contribution < 1.29 is 24.1 Å². The summed E-state index contributed by atoms with van der Waals surface area (Å²) in [6.45, 7) is 7.02. The van der Waals surface area contributed by atoms with Crippen molar-refractivity contribution in [2.45, 2.75) is 64.6 Å². The highest BCUT2D eigenvalue weighted by Gasteiger charge is 2.23. The molecule has 0 saturated carbocycles.